The van der Waals surface area contributed by atoms with Gasteiger partial charge in [0.25, 0.3) is 0 Å². The van der Waals surface area contributed by atoms with Crippen molar-refractivity contribution in [2.24, 2.45) is 0 Å². The molecule has 10 nitrogen and oxygen atoms in total. The summed E-state index contributed by atoms with van der Waals surface area (Å²) in [5.74, 6) is 1.69. The van der Waals surface area contributed by atoms with Crippen molar-refractivity contribution in [1.29, 1.82) is 0 Å². The summed E-state index contributed by atoms with van der Waals surface area (Å²) in [6.07, 6.45) is 7.42. The largest absolute Gasteiger partial charge is 0.444 e. The number of carbonyl (C=O) groups excluding carboxylic acids is 2. The van der Waals surface area contributed by atoms with Gasteiger partial charge in [-0.2, -0.15) is 0 Å². The SMILES string of the molecule is CC(C)(C)OC(=O)NC1CCCC1c1ncc(-c2ccc(-c3ccc(-c4cnc(C5([Si])CCCN5C(=O)OC(C)(C)C)[nH]4)cc3)cc2)[nH]1. The first-order valence-corrected chi connectivity index (χ1v) is 17.3. The summed E-state index contributed by atoms with van der Waals surface area (Å²) in [6.45, 7) is 11.8. The van der Waals surface area contributed by atoms with Crippen LogP contribution in [0, 0.1) is 0 Å². The highest BCUT2D eigenvalue weighted by Crippen LogP contribution is 2.37. The van der Waals surface area contributed by atoms with E-state index in [4.69, 9.17) is 14.5 Å². The van der Waals surface area contributed by atoms with Gasteiger partial charge in [-0.15, -0.1) is 0 Å². The average molecular weight is 666 g/mol. The third kappa shape index (κ3) is 7.35. The van der Waals surface area contributed by atoms with Gasteiger partial charge in [-0.25, -0.2) is 19.6 Å². The normalized spacial score (nSPS) is 21.4. The zero-order valence-corrected chi connectivity index (χ0v) is 29.6. The number of carbonyl (C=O) groups is 2. The van der Waals surface area contributed by atoms with Gasteiger partial charge in [-0.1, -0.05) is 55.0 Å². The standard InChI is InChI=1S/C37H45N6O4Si/c1-35(2,3)46-33(44)42-28-10-7-9-27(28)31-38-21-29(40-31)25-15-11-23(12-16-25)24-13-17-26(18-14-24)30-22-39-32(41-30)37(48)19-8-20-43(37)34(45)47-36(4,5)6/h11-18,21-22,27-28H,7-10,19-20H2,1-6H3,(H,38,40)(H,39,41)(H,42,44). The molecule has 6 rings (SSSR count). The number of imidazole rings is 2. The molecule has 0 spiro atoms. The van der Waals surface area contributed by atoms with Gasteiger partial charge in [-0.05, 0) is 89.5 Å². The Kier molecular flexibility index (Phi) is 9.01. The Balaban J connectivity index is 1.11. The lowest BCUT2D eigenvalue weighted by atomic mass is 10.0. The highest BCUT2D eigenvalue weighted by Gasteiger charge is 2.45. The number of rotatable bonds is 6. The summed E-state index contributed by atoms with van der Waals surface area (Å²) in [7, 11) is 3.89. The molecule has 251 valence electrons. The number of nitrogens with zero attached hydrogens (tertiary/aromatic N) is 3. The molecule has 0 bridgehead atoms. The van der Waals surface area contributed by atoms with Crippen LogP contribution in [0.1, 0.15) is 91.2 Å². The molecule has 3 heterocycles. The van der Waals surface area contributed by atoms with Crippen molar-refractivity contribution in [3.8, 4) is 33.6 Å². The predicted octanol–water partition coefficient (Wildman–Crippen LogP) is 7.65. The molecular formula is C37H45N6O4Si. The van der Waals surface area contributed by atoms with Gasteiger partial charge >= 0.3 is 12.2 Å². The Bertz CT molecular complexity index is 1750. The van der Waals surface area contributed by atoms with Crippen molar-refractivity contribution in [1.82, 2.24) is 30.2 Å². The second kappa shape index (κ2) is 12.9. The minimum absolute atomic E-state index is 0.00678. The molecule has 48 heavy (non-hydrogen) atoms. The molecule has 2 fully saturated rings. The first kappa shape index (κ1) is 33.5. The van der Waals surface area contributed by atoms with E-state index in [1.807, 2.05) is 53.9 Å². The fourth-order valence-electron chi connectivity index (χ4n) is 6.58. The van der Waals surface area contributed by atoms with Crippen LogP contribution in [0.4, 0.5) is 9.59 Å². The van der Waals surface area contributed by atoms with Crippen LogP contribution in [0.15, 0.2) is 60.9 Å². The minimum atomic E-state index is -0.743. The Morgan fingerprint density at radius 1 is 0.812 bits per heavy atom. The molecule has 2 aromatic carbocycles. The van der Waals surface area contributed by atoms with Crippen molar-refractivity contribution in [3.05, 3.63) is 72.6 Å². The van der Waals surface area contributed by atoms with Crippen LogP contribution in [0.5, 0.6) is 0 Å². The maximum absolute atomic E-state index is 12.9. The molecule has 11 heteroatoms. The molecule has 1 saturated carbocycles. The number of hydrogen-bond acceptors (Lipinski definition) is 6. The summed E-state index contributed by atoms with van der Waals surface area (Å²) in [6, 6.07) is 16.8. The van der Waals surface area contributed by atoms with E-state index >= 15 is 0 Å². The van der Waals surface area contributed by atoms with Crippen molar-refractivity contribution < 1.29 is 19.1 Å². The highest BCUT2D eigenvalue weighted by atomic mass is 28.1. The van der Waals surface area contributed by atoms with Crippen LogP contribution in [0.3, 0.4) is 0 Å². The zero-order chi connectivity index (χ0) is 34.3. The number of aromatic nitrogens is 4. The lowest BCUT2D eigenvalue weighted by molar-refractivity contribution is 0.0173. The number of amides is 2. The number of benzene rings is 2. The fraction of sp³-hybridized carbons (Fsp3) is 0.459. The van der Waals surface area contributed by atoms with Gasteiger partial charge in [-0.3, -0.25) is 4.90 Å². The lowest BCUT2D eigenvalue weighted by Crippen LogP contribution is -2.48. The Hall–Kier alpha value is -4.38. The number of nitrogens with one attached hydrogen (secondary N) is 3. The van der Waals surface area contributed by atoms with Crippen molar-refractivity contribution in [3.63, 3.8) is 0 Å². The second-order valence-electron chi connectivity index (χ2n) is 14.9. The summed E-state index contributed by atoms with van der Waals surface area (Å²) in [5, 5.41) is 2.31. The monoisotopic (exact) mass is 665 g/mol. The van der Waals surface area contributed by atoms with Crippen LogP contribution in [-0.4, -0.2) is 71.1 Å². The number of aromatic amines is 2. The number of H-pyrrole nitrogens is 2. The smallest absolute Gasteiger partial charge is 0.410 e. The van der Waals surface area contributed by atoms with Gasteiger partial charge in [0, 0.05) is 18.5 Å². The average Bonchev–Trinajstić information content (AvgIpc) is 3.83. The van der Waals surface area contributed by atoms with Crippen LogP contribution in [0.2, 0.25) is 0 Å². The first-order valence-electron chi connectivity index (χ1n) is 16.8. The molecule has 1 aliphatic heterocycles. The van der Waals surface area contributed by atoms with Gasteiger partial charge in [0.15, 0.2) is 0 Å². The predicted molar refractivity (Wildman–Crippen MR) is 186 cm³/mol. The Labute approximate surface area is 285 Å². The van der Waals surface area contributed by atoms with E-state index in [-0.39, 0.29) is 24.1 Å². The van der Waals surface area contributed by atoms with Crippen LogP contribution >= 0.6 is 0 Å². The third-order valence-electron chi connectivity index (χ3n) is 8.85. The summed E-state index contributed by atoms with van der Waals surface area (Å²) < 4.78 is 11.1. The van der Waals surface area contributed by atoms with E-state index in [1.165, 1.54) is 0 Å². The summed E-state index contributed by atoms with van der Waals surface area (Å²) in [5.41, 5.74) is 4.96. The first-order chi connectivity index (χ1) is 22.7. The quantitative estimate of drug-likeness (QED) is 0.182. The van der Waals surface area contributed by atoms with E-state index in [2.05, 4.69) is 79.0 Å². The maximum atomic E-state index is 12.9. The van der Waals surface area contributed by atoms with Gasteiger partial charge in [0.05, 0.1) is 39.2 Å². The van der Waals surface area contributed by atoms with Crippen molar-refractivity contribution in [2.75, 3.05) is 6.54 Å². The van der Waals surface area contributed by atoms with Crippen molar-refractivity contribution in [2.45, 2.75) is 102 Å². The van der Waals surface area contributed by atoms with E-state index in [1.54, 1.807) is 4.90 Å². The molecule has 3 unspecified atom stereocenters. The van der Waals surface area contributed by atoms with Crippen molar-refractivity contribution >= 4 is 22.4 Å². The maximum Gasteiger partial charge on any atom is 0.410 e. The minimum Gasteiger partial charge on any atom is -0.444 e. The lowest BCUT2D eigenvalue weighted by Gasteiger charge is -2.35. The van der Waals surface area contributed by atoms with Gasteiger partial charge in [0.1, 0.15) is 22.9 Å². The highest BCUT2D eigenvalue weighted by molar-refractivity contribution is 6.16. The molecule has 2 aliphatic rings. The molecule has 1 saturated heterocycles. The van der Waals surface area contributed by atoms with Gasteiger partial charge < -0.3 is 24.8 Å². The molecule has 3 radical (unpaired) electrons. The number of likely N-dealkylation sites (tertiary alicyclic amines) is 1. The molecule has 2 aromatic heterocycles. The van der Waals surface area contributed by atoms with E-state index in [0.717, 1.165) is 71.6 Å². The third-order valence-corrected chi connectivity index (χ3v) is 9.61. The van der Waals surface area contributed by atoms with Crippen LogP contribution in [0.25, 0.3) is 33.6 Å². The fourth-order valence-corrected chi connectivity index (χ4v) is 7.09. The van der Waals surface area contributed by atoms with Crippen LogP contribution in [-0.2, 0) is 14.6 Å². The molecule has 3 atom stereocenters. The second-order valence-corrected chi connectivity index (χ2v) is 15.7. The van der Waals surface area contributed by atoms with Crippen LogP contribution < -0.4 is 5.32 Å². The molecule has 3 N–H and O–H groups in total. The molecule has 2 amide bonds. The zero-order valence-electron chi connectivity index (χ0n) is 28.6. The Morgan fingerprint density at radius 3 is 1.98 bits per heavy atom. The van der Waals surface area contributed by atoms with E-state index < -0.39 is 16.4 Å². The molecule has 1 aliphatic carbocycles. The summed E-state index contributed by atoms with van der Waals surface area (Å²) >= 11 is 0. The van der Waals surface area contributed by atoms with E-state index in [9.17, 15) is 9.59 Å². The number of ether oxygens (including phenoxy) is 2. The Morgan fingerprint density at radius 2 is 1.38 bits per heavy atom. The van der Waals surface area contributed by atoms with E-state index in [0.29, 0.717) is 12.4 Å². The van der Waals surface area contributed by atoms with Gasteiger partial charge in [0.2, 0.25) is 0 Å². The number of alkyl carbamates (subject to hydrolysis) is 1. The molecule has 4 aromatic rings. The molecular weight excluding hydrogens is 621 g/mol. The number of hydrogen-bond donors (Lipinski definition) is 3. The topological polar surface area (TPSA) is 125 Å². The summed E-state index contributed by atoms with van der Waals surface area (Å²) in [4.78, 5) is 43.4.